The second kappa shape index (κ2) is 12.6. The highest BCUT2D eigenvalue weighted by Gasteiger charge is 2.34. The number of anilines is 2. The maximum absolute atomic E-state index is 13.5. The number of unbranched alkanes of at least 4 members (excludes halogenated alkanes) is 1. The second-order valence-electron chi connectivity index (χ2n) is 9.81. The predicted octanol–water partition coefficient (Wildman–Crippen LogP) is 4.08. The van der Waals surface area contributed by atoms with E-state index in [4.69, 9.17) is 21.1 Å². The van der Waals surface area contributed by atoms with Crippen molar-refractivity contribution in [3.05, 3.63) is 57.6 Å². The number of nitro benzene ring substituents is 1. The van der Waals surface area contributed by atoms with E-state index in [1.165, 1.54) is 36.7 Å². The van der Waals surface area contributed by atoms with Crippen molar-refractivity contribution in [2.24, 2.45) is 0 Å². The Labute approximate surface area is 239 Å². The molecule has 0 bridgehead atoms. The van der Waals surface area contributed by atoms with Crippen molar-refractivity contribution in [1.29, 1.82) is 0 Å². The lowest BCUT2D eigenvalue weighted by Gasteiger charge is -2.35. The van der Waals surface area contributed by atoms with Gasteiger partial charge in [0, 0.05) is 56.8 Å². The number of halogens is 2. The van der Waals surface area contributed by atoms with E-state index in [1.54, 1.807) is 4.90 Å². The lowest BCUT2D eigenvalue weighted by Crippen LogP contribution is -2.51. The highest BCUT2D eigenvalue weighted by molar-refractivity contribution is 6.31. The molecular weight excluding hydrogens is 559 g/mol. The molecule has 12 nitrogen and oxygen atoms in total. The van der Waals surface area contributed by atoms with Crippen LogP contribution in [0, 0.1) is 15.9 Å². The van der Waals surface area contributed by atoms with Crippen LogP contribution < -0.4 is 10.1 Å². The van der Waals surface area contributed by atoms with E-state index < -0.39 is 16.8 Å². The molecule has 3 heterocycles. The number of fused-ring (bicyclic) bond motifs is 1. The molecule has 1 N–H and O–H groups in total. The van der Waals surface area contributed by atoms with Gasteiger partial charge in [-0.25, -0.2) is 14.4 Å². The van der Waals surface area contributed by atoms with Gasteiger partial charge in [0.1, 0.15) is 18.0 Å². The molecule has 1 amide bonds. The summed E-state index contributed by atoms with van der Waals surface area (Å²) < 4.78 is 24.4. The minimum atomic E-state index is -0.645. The predicted molar refractivity (Wildman–Crippen MR) is 148 cm³/mol. The Bertz CT molecular complexity index is 1470. The summed E-state index contributed by atoms with van der Waals surface area (Å²) in [5.74, 6) is -0.587. The fourth-order valence-electron chi connectivity index (χ4n) is 4.86. The summed E-state index contributed by atoms with van der Waals surface area (Å²) in [6.07, 6.45) is 2.90. The average Bonchev–Trinajstić information content (AvgIpc) is 3.40. The third-order valence-electron chi connectivity index (χ3n) is 7.07. The average molecular weight is 587 g/mol. The van der Waals surface area contributed by atoms with Crippen LogP contribution in [0.4, 0.5) is 21.6 Å². The summed E-state index contributed by atoms with van der Waals surface area (Å²) in [7, 11) is 0. The molecule has 216 valence electrons. The van der Waals surface area contributed by atoms with E-state index in [-0.39, 0.29) is 34.9 Å². The summed E-state index contributed by atoms with van der Waals surface area (Å²) in [4.78, 5) is 47.5. The van der Waals surface area contributed by atoms with Crippen LogP contribution in [0.5, 0.6) is 5.75 Å². The molecule has 3 aromatic rings. The van der Waals surface area contributed by atoms with E-state index in [1.807, 2.05) is 0 Å². The van der Waals surface area contributed by atoms with Crippen LogP contribution in [0.3, 0.4) is 0 Å². The van der Waals surface area contributed by atoms with Gasteiger partial charge in [-0.3, -0.25) is 24.6 Å². The smallest absolute Gasteiger partial charge is 0.311 e. The van der Waals surface area contributed by atoms with E-state index >= 15 is 0 Å². The maximum atomic E-state index is 13.5. The summed E-state index contributed by atoms with van der Waals surface area (Å²) >= 11 is 5.86. The normalized spacial score (nSPS) is 17.5. The number of hydrogen-bond donors (Lipinski definition) is 1. The quantitative estimate of drug-likeness (QED) is 0.160. The molecule has 41 heavy (non-hydrogen) atoms. The molecule has 2 aromatic carbocycles. The van der Waals surface area contributed by atoms with Gasteiger partial charge in [-0.1, -0.05) is 11.6 Å². The first-order valence-corrected chi connectivity index (χ1v) is 13.6. The highest BCUT2D eigenvalue weighted by Crippen LogP contribution is 2.35. The molecule has 0 aliphatic carbocycles. The molecule has 1 aromatic heterocycles. The number of carbonyl (C=O) groups is 2. The van der Waals surface area contributed by atoms with Crippen LogP contribution in [-0.4, -0.2) is 82.0 Å². The molecular formula is C27H28ClFN6O6. The van der Waals surface area contributed by atoms with Gasteiger partial charge < -0.3 is 19.7 Å². The van der Waals surface area contributed by atoms with E-state index in [2.05, 4.69) is 20.2 Å². The molecule has 0 unspecified atom stereocenters. The van der Waals surface area contributed by atoms with Crippen LogP contribution in [-0.2, 0) is 14.3 Å². The van der Waals surface area contributed by atoms with Gasteiger partial charge in [0.2, 0.25) is 0 Å². The number of hydrogen-bond acceptors (Lipinski definition) is 10. The fourth-order valence-corrected chi connectivity index (χ4v) is 5.04. The Morgan fingerprint density at radius 3 is 2.71 bits per heavy atom. The van der Waals surface area contributed by atoms with Crippen LogP contribution in [0.1, 0.15) is 25.7 Å². The molecule has 14 heteroatoms. The maximum Gasteiger partial charge on any atom is 0.311 e. The van der Waals surface area contributed by atoms with Crippen molar-refractivity contribution < 1.29 is 28.4 Å². The number of ether oxygens (including phenoxy) is 2. The first kappa shape index (κ1) is 28.4. The number of esters is 1. The number of aromatic nitrogens is 2. The Morgan fingerprint density at radius 1 is 1.20 bits per heavy atom. The largest absolute Gasteiger partial charge is 0.487 e. The summed E-state index contributed by atoms with van der Waals surface area (Å²) in [6.45, 7) is 3.70. The van der Waals surface area contributed by atoms with Crippen LogP contribution in [0.25, 0.3) is 10.9 Å². The Hall–Kier alpha value is -4.10. The molecule has 0 radical (unpaired) electrons. The Balaban J connectivity index is 1.13. The minimum Gasteiger partial charge on any atom is -0.487 e. The SMILES string of the molecule is O=C1CC[C@@H](C(=O)N2CCN(CCCCOc3cc4ncnc(Nc5ccc(F)c(Cl)c5)c4cc3[N+](=O)[O-])CC2)O1. The van der Waals surface area contributed by atoms with Crippen LogP contribution >= 0.6 is 11.6 Å². The van der Waals surface area contributed by atoms with E-state index in [0.29, 0.717) is 54.8 Å². The molecule has 0 saturated carbocycles. The summed E-state index contributed by atoms with van der Waals surface area (Å²) in [5.41, 5.74) is 0.684. The number of carbonyl (C=O) groups excluding carboxylic acids is 2. The number of benzene rings is 2. The van der Waals surface area contributed by atoms with Crippen molar-refractivity contribution in [1.82, 2.24) is 19.8 Å². The van der Waals surface area contributed by atoms with Crippen LogP contribution in [0.2, 0.25) is 5.02 Å². The third-order valence-corrected chi connectivity index (χ3v) is 7.35. The van der Waals surface area contributed by atoms with Crippen molar-refractivity contribution >= 4 is 51.6 Å². The number of piperazine rings is 1. The zero-order valence-corrected chi connectivity index (χ0v) is 22.8. The molecule has 0 spiro atoms. The molecule has 2 aliphatic heterocycles. The molecule has 2 aliphatic rings. The van der Waals surface area contributed by atoms with Crippen molar-refractivity contribution in [3.63, 3.8) is 0 Å². The zero-order chi connectivity index (χ0) is 28.9. The number of rotatable bonds is 10. The number of nitro groups is 1. The number of nitrogens with zero attached hydrogens (tertiary/aromatic N) is 5. The van der Waals surface area contributed by atoms with Gasteiger partial charge in [0.15, 0.2) is 11.9 Å². The Kier molecular flexibility index (Phi) is 8.74. The number of nitrogens with one attached hydrogen (secondary N) is 1. The second-order valence-corrected chi connectivity index (χ2v) is 10.2. The third kappa shape index (κ3) is 6.80. The first-order valence-electron chi connectivity index (χ1n) is 13.3. The van der Waals surface area contributed by atoms with Crippen molar-refractivity contribution in [2.75, 3.05) is 44.6 Å². The Morgan fingerprint density at radius 2 is 2.00 bits per heavy atom. The van der Waals surface area contributed by atoms with Gasteiger partial charge in [-0.15, -0.1) is 0 Å². The number of cyclic esters (lactones) is 1. The zero-order valence-electron chi connectivity index (χ0n) is 22.1. The first-order chi connectivity index (χ1) is 19.8. The minimum absolute atomic E-state index is 0.0689. The molecule has 5 rings (SSSR count). The standard InChI is InChI=1S/C27H28ClFN6O6/c28-19-13-17(3-4-20(19)29)32-26-18-14-22(35(38)39)24(15-21(18)30-16-31-26)40-12-2-1-7-33-8-10-34(11-9-33)27(37)23-5-6-25(36)41-23/h3-4,13-16,23H,1-2,5-12H2,(H,30,31,32)/t23-/m0/s1. The highest BCUT2D eigenvalue weighted by atomic mass is 35.5. The van der Waals surface area contributed by atoms with Gasteiger partial charge in [-0.2, -0.15) is 0 Å². The summed E-state index contributed by atoms with van der Waals surface area (Å²) in [6, 6.07) is 6.95. The molecule has 2 saturated heterocycles. The van der Waals surface area contributed by atoms with Gasteiger partial charge in [0.05, 0.1) is 27.5 Å². The van der Waals surface area contributed by atoms with Gasteiger partial charge in [0.25, 0.3) is 5.91 Å². The molecule has 1 atom stereocenters. The monoisotopic (exact) mass is 586 g/mol. The number of amides is 1. The lowest BCUT2D eigenvalue weighted by molar-refractivity contribution is -0.385. The van der Waals surface area contributed by atoms with Crippen molar-refractivity contribution in [2.45, 2.75) is 31.8 Å². The van der Waals surface area contributed by atoms with E-state index in [0.717, 1.165) is 26.1 Å². The molecule has 2 fully saturated rings. The van der Waals surface area contributed by atoms with Gasteiger partial charge in [-0.05, 0) is 37.6 Å². The fraction of sp³-hybridized carbons (Fsp3) is 0.407. The van der Waals surface area contributed by atoms with Crippen molar-refractivity contribution in [3.8, 4) is 5.75 Å². The topological polar surface area (TPSA) is 140 Å². The lowest BCUT2D eigenvalue weighted by atomic mass is 10.2. The summed E-state index contributed by atoms with van der Waals surface area (Å²) in [5, 5.41) is 15.2. The van der Waals surface area contributed by atoms with Crippen LogP contribution in [0.15, 0.2) is 36.7 Å². The van der Waals surface area contributed by atoms with E-state index in [9.17, 15) is 24.1 Å². The van der Waals surface area contributed by atoms with Gasteiger partial charge >= 0.3 is 11.7 Å².